The van der Waals surface area contributed by atoms with Crippen molar-refractivity contribution in [1.82, 2.24) is 4.98 Å². The lowest BCUT2D eigenvalue weighted by molar-refractivity contribution is 0.0989. The number of amides is 1. The third-order valence-electron chi connectivity index (χ3n) is 3.39. The summed E-state index contributed by atoms with van der Waals surface area (Å²) in [6.07, 6.45) is 9.19. The predicted molar refractivity (Wildman–Crippen MR) is 79.3 cm³/mol. The Morgan fingerprint density at radius 2 is 2.35 bits per heavy atom. The fraction of sp³-hybridized carbons (Fsp3) is 0.333. The summed E-state index contributed by atoms with van der Waals surface area (Å²) in [4.78, 5) is 20.1. The Bertz CT molecular complexity index is 592. The van der Waals surface area contributed by atoms with Crippen LogP contribution in [0.25, 0.3) is 0 Å². The van der Waals surface area contributed by atoms with E-state index in [1.807, 2.05) is 0 Å². The van der Waals surface area contributed by atoms with Crippen molar-refractivity contribution in [2.45, 2.75) is 25.7 Å². The van der Waals surface area contributed by atoms with Gasteiger partial charge in [0.2, 0.25) is 0 Å². The lowest BCUT2D eigenvalue weighted by atomic mass is 10.0. The molecule has 0 saturated carbocycles. The molecule has 1 amide bonds. The van der Waals surface area contributed by atoms with Crippen molar-refractivity contribution in [2.24, 2.45) is 0 Å². The molecule has 2 heterocycles. The standard InChI is InChI=1S/C15H16N2O2S/c1-2-8-17(14(18)11-7-9-19-10-11)15-16-12-5-3-4-6-13(12)20-15/h2,7,9-10H,1,3-6,8H2. The zero-order chi connectivity index (χ0) is 13.9. The number of nitrogens with zero attached hydrogens (tertiary/aromatic N) is 2. The Morgan fingerprint density at radius 3 is 3.05 bits per heavy atom. The summed E-state index contributed by atoms with van der Waals surface area (Å²) in [5.41, 5.74) is 1.70. The second-order valence-electron chi connectivity index (χ2n) is 4.79. The SMILES string of the molecule is C=CCN(C(=O)c1ccoc1)c1nc2c(s1)CCCC2. The van der Waals surface area contributed by atoms with Crippen molar-refractivity contribution in [3.63, 3.8) is 0 Å². The zero-order valence-corrected chi connectivity index (χ0v) is 12.0. The van der Waals surface area contributed by atoms with Crippen LogP contribution < -0.4 is 4.90 Å². The molecule has 4 nitrogen and oxygen atoms in total. The van der Waals surface area contributed by atoms with Crippen LogP contribution in [-0.4, -0.2) is 17.4 Å². The topological polar surface area (TPSA) is 46.3 Å². The third kappa shape index (κ3) is 2.41. The van der Waals surface area contributed by atoms with Gasteiger partial charge in [0.1, 0.15) is 6.26 Å². The summed E-state index contributed by atoms with van der Waals surface area (Å²) in [5, 5.41) is 0.767. The van der Waals surface area contributed by atoms with E-state index in [9.17, 15) is 4.79 Å². The molecule has 2 aromatic rings. The van der Waals surface area contributed by atoms with Crippen LogP contribution in [0.4, 0.5) is 5.13 Å². The van der Waals surface area contributed by atoms with Gasteiger partial charge in [-0.05, 0) is 31.7 Å². The van der Waals surface area contributed by atoms with Gasteiger partial charge in [-0.3, -0.25) is 9.69 Å². The van der Waals surface area contributed by atoms with Crippen LogP contribution >= 0.6 is 11.3 Å². The molecular weight excluding hydrogens is 272 g/mol. The van der Waals surface area contributed by atoms with E-state index in [4.69, 9.17) is 4.42 Å². The summed E-state index contributed by atoms with van der Waals surface area (Å²) in [6, 6.07) is 1.67. The first-order valence-electron chi connectivity index (χ1n) is 6.73. The Morgan fingerprint density at radius 1 is 1.50 bits per heavy atom. The normalized spacial score (nSPS) is 13.8. The minimum atomic E-state index is -0.0928. The van der Waals surface area contributed by atoms with Gasteiger partial charge in [-0.15, -0.1) is 17.9 Å². The van der Waals surface area contributed by atoms with E-state index in [1.54, 1.807) is 28.4 Å². The molecule has 0 saturated heterocycles. The second kappa shape index (κ2) is 5.63. The van der Waals surface area contributed by atoms with E-state index in [2.05, 4.69) is 11.6 Å². The van der Waals surface area contributed by atoms with Crippen molar-refractivity contribution < 1.29 is 9.21 Å². The van der Waals surface area contributed by atoms with E-state index >= 15 is 0 Å². The maximum absolute atomic E-state index is 12.5. The molecular formula is C15H16N2O2S. The van der Waals surface area contributed by atoms with Gasteiger partial charge in [0, 0.05) is 11.4 Å². The van der Waals surface area contributed by atoms with E-state index in [1.165, 1.54) is 30.2 Å². The molecule has 20 heavy (non-hydrogen) atoms. The highest BCUT2D eigenvalue weighted by molar-refractivity contribution is 7.16. The number of furan rings is 1. The van der Waals surface area contributed by atoms with Crippen molar-refractivity contribution in [3.05, 3.63) is 47.4 Å². The highest BCUT2D eigenvalue weighted by Gasteiger charge is 2.23. The molecule has 0 unspecified atom stereocenters. The van der Waals surface area contributed by atoms with Crippen LogP contribution in [0, 0.1) is 0 Å². The van der Waals surface area contributed by atoms with E-state index in [0.717, 1.165) is 23.7 Å². The minimum Gasteiger partial charge on any atom is -0.472 e. The van der Waals surface area contributed by atoms with Crippen LogP contribution in [0.3, 0.4) is 0 Å². The van der Waals surface area contributed by atoms with Crippen molar-refractivity contribution in [1.29, 1.82) is 0 Å². The quantitative estimate of drug-likeness (QED) is 0.810. The molecule has 0 bridgehead atoms. The van der Waals surface area contributed by atoms with Crippen LogP contribution in [0.2, 0.25) is 0 Å². The predicted octanol–water partition coefficient (Wildman–Crippen LogP) is 3.45. The molecule has 0 spiro atoms. The van der Waals surface area contributed by atoms with Crippen LogP contribution in [-0.2, 0) is 12.8 Å². The van der Waals surface area contributed by atoms with Gasteiger partial charge in [-0.2, -0.15) is 0 Å². The molecule has 0 aliphatic heterocycles. The number of hydrogen-bond donors (Lipinski definition) is 0. The number of anilines is 1. The van der Waals surface area contributed by atoms with Gasteiger partial charge in [0.25, 0.3) is 5.91 Å². The molecule has 2 aromatic heterocycles. The average molecular weight is 288 g/mol. The first-order valence-corrected chi connectivity index (χ1v) is 7.55. The second-order valence-corrected chi connectivity index (χ2v) is 5.85. The van der Waals surface area contributed by atoms with Gasteiger partial charge in [-0.25, -0.2) is 4.98 Å². The summed E-state index contributed by atoms with van der Waals surface area (Å²) in [5.74, 6) is -0.0928. The number of rotatable bonds is 4. The maximum Gasteiger partial charge on any atom is 0.263 e. The lowest BCUT2D eigenvalue weighted by Gasteiger charge is -2.16. The first kappa shape index (κ1) is 13.1. The number of aryl methyl sites for hydroxylation is 2. The molecule has 0 N–H and O–H groups in total. The van der Waals surface area contributed by atoms with Gasteiger partial charge in [0.15, 0.2) is 5.13 Å². The third-order valence-corrected chi connectivity index (χ3v) is 4.57. The summed E-state index contributed by atoms with van der Waals surface area (Å²) in [7, 11) is 0. The highest BCUT2D eigenvalue weighted by Crippen LogP contribution is 2.32. The minimum absolute atomic E-state index is 0.0928. The molecule has 0 aromatic carbocycles. The average Bonchev–Trinajstić information content (AvgIpc) is 3.12. The summed E-state index contributed by atoms with van der Waals surface area (Å²) >= 11 is 1.62. The first-order chi connectivity index (χ1) is 9.79. The number of aromatic nitrogens is 1. The van der Waals surface area contributed by atoms with Crippen molar-refractivity contribution in [2.75, 3.05) is 11.4 Å². The van der Waals surface area contributed by atoms with Gasteiger partial charge in [-0.1, -0.05) is 6.08 Å². The number of thiazole rings is 1. The molecule has 3 rings (SSSR count). The lowest BCUT2D eigenvalue weighted by Crippen LogP contribution is -2.30. The summed E-state index contributed by atoms with van der Waals surface area (Å²) < 4.78 is 4.99. The molecule has 1 aliphatic carbocycles. The zero-order valence-electron chi connectivity index (χ0n) is 11.2. The molecule has 0 radical (unpaired) electrons. The Hall–Kier alpha value is -1.88. The number of carbonyl (C=O) groups is 1. The molecule has 104 valence electrons. The smallest absolute Gasteiger partial charge is 0.263 e. The number of hydrogen-bond acceptors (Lipinski definition) is 4. The molecule has 5 heteroatoms. The van der Waals surface area contributed by atoms with Crippen LogP contribution in [0.15, 0.2) is 35.7 Å². The van der Waals surface area contributed by atoms with E-state index in [-0.39, 0.29) is 5.91 Å². The monoisotopic (exact) mass is 288 g/mol. The molecule has 0 atom stereocenters. The van der Waals surface area contributed by atoms with E-state index in [0.29, 0.717) is 12.1 Å². The van der Waals surface area contributed by atoms with Gasteiger partial charge < -0.3 is 4.42 Å². The van der Waals surface area contributed by atoms with Crippen LogP contribution in [0.1, 0.15) is 33.8 Å². The largest absolute Gasteiger partial charge is 0.472 e. The summed E-state index contributed by atoms with van der Waals surface area (Å²) in [6.45, 7) is 4.19. The van der Waals surface area contributed by atoms with Crippen molar-refractivity contribution in [3.8, 4) is 0 Å². The maximum atomic E-state index is 12.5. The fourth-order valence-corrected chi connectivity index (χ4v) is 3.53. The highest BCUT2D eigenvalue weighted by atomic mass is 32.1. The van der Waals surface area contributed by atoms with Crippen molar-refractivity contribution >= 4 is 22.4 Å². The number of fused-ring (bicyclic) bond motifs is 1. The van der Waals surface area contributed by atoms with Crippen LogP contribution in [0.5, 0.6) is 0 Å². The Kier molecular flexibility index (Phi) is 3.69. The Labute approximate surface area is 121 Å². The van der Waals surface area contributed by atoms with Gasteiger partial charge >= 0.3 is 0 Å². The molecule has 0 fully saturated rings. The number of carbonyl (C=O) groups excluding carboxylic acids is 1. The molecule has 1 aliphatic rings. The fourth-order valence-electron chi connectivity index (χ4n) is 2.37. The Balaban J connectivity index is 1.92. The van der Waals surface area contributed by atoms with Gasteiger partial charge in [0.05, 0.1) is 17.5 Å². The van der Waals surface area contributed by atoms with E-state index < -0.39 is 0 Å².